The van der Waals surface area contributed by atoms with E-state index in [1.54, 1.807) is 6.07 Å². The topological polar surface area (TPSA) is 77.8 Å². The van der Waals surface area contributed by atoms with Gasteiger partial charge in [0.15, 0.2) is 11.4 Å². The Morgan fingerprint density at radius 1 is 0.946 bits per heavy atom. The summed E-state index contributed by atoms with van der Waals surface area (Å²) in [6.45, 7) is 6.51. The average Bonchev–Trinajstić information content (AvgIpc) is 3.29. The smallest absolute Gasteiger partial charge is 0.347 e. The van der Waals surface area contributed by atoms with Crippen molar-refractivity contribution in [3.63, 3.8) is 0 Å². The van der Waals surface area contributed by atoms with Crippen molar-refractivity contribution in [1.29, 1.82) is 0 Å². The second-order valence-corrected chi connectivity index (χ2v) is 9.62. The predicted octanol–water partition coefficient (Wildman–Crippen LogP) is 6.54. The van der Waals surface area contributed by atoms with E-state index >= 15 is 0 Å². The van der Waals surface area contributed by atoms with E-state index in [4.69, 9.17) is 9.47 Å². The van der Waals surface area contributed by atoms with Crippen molar-refractivity contribution in [2.75, 3.05) is 6.61 Å². The maximum atomic E-state index is 12.9. The van der Waals surface area contributed by atoms with Gasteiger partial charge in [0.25, 0.3) is 0 Å². The van der Waals surface area contributed by atoms with Crippen molar-refractivity contribution in [3.8, 4) is 11.5 Å². The summed E-state index contributed by atoms with van der Waals surface area (Å²) in [6.07, 6.45) is 4.63. The molecule has 4 aromatic rings. The molecule has 0 bridgehead atoms. The van der Waals surface area contributed by atoms with Crippen molar-refractivity contribution in [3.05, 3.63) is 95.7 Å². The van der Waals surface area contributed by atoms with Gasteiger partial charge in [0, 0.05) is 34.8 Å². The Morgan fingerprint density at radius 2 is 1.73 bits per heavy atom. The molecule has 37 heavy (non-hydrogen) atoms. The van der Waals surface area contributed by atoms with E-state index in [1.165, 1.54) is 13.8 Å². The van der Waals surface area contributed by atoms with Gasteiger partial charge in [-0.3, -0.25) is 4.79 Å². The number of ketones is 1. The van der Waals surface area contributed by atoms with Gasteiger partial charge in [-0.05, 0) is 74.7 Å². The fourth-order valence-electron chi connectivity index (χ4n) is 4.27. The summed E-state index contributed by atoms with van der Waals surface area (Å²) in [6, 6.07) is 22.6. The Kier molecular flexibility index (Phi) is 7.97. The van der Waals surface area contributed by atoms with Crippen molar-refractivity contribution in [2.45, 2.75) is 52.2 Å². The highest BCUT2D eigenvalue weighted by Crippen LogP contribution is 2.26. The molecule has 1 heterocycles. The number of aromatic nitrogens is 1. The number of fused-ring (bicyclic) bond motifs is 1. The molecule has 0 radical (unpaired) electrons. The van der Waals surface area contributed by atoms with E-state index in [2.05, 4.69) is 11.5 Å². The molecule has 0 amide bonds. The van der Waals surface area contributed by atoms with E-state index in [0.717, 1.165) is 48.0 Å². The first-order valence-electron chi connectivity index (χ1n) is 12.7. The number of aliphatic carboxylic acids is 1. The molecule has 6 nitrogen and oxygen atoms in total. The van der Waals surface area contributed by atoms with E-state index in [0.29, 0.717) is 23.5 Å². The summed E-state index contributed by atoms with van der Waals surface area (Å²) in [5.74, 6) is 0.360. The summed E-state index contributed by atoms with van der Waals surface area (Å²) in [5, 5.41) is 10.3. The van der Waals surface area contributed by atoms with Crippen LogP contribution in [0.15, 0.2) is 79.0 Å². The molecule has 0 fully saturated rings. The number of aryl methyl sites for hydroxylation is 2. The van der Waals surface area contributed by atoms with Gasteiger partial charge in [0.1, 0.15) is 11.5 Å². The second kappa shape index (κ2) is 11.3. The van der Waals surface area contributed by atoms with Crippen LogP contribution in [0.3, 0.4) is 0 Å². The van der Waals surface area contributed by atoms with Gasteiger partial charge in [0.05, 0.1) is 6.61 Å². The predicted molar refractivity (Wildman–Crippen MR) is 145 cm³/mol. The third-order valence-corrected chi connectivity index (χ3v) is 6.31. The van der Waals surface area contributed by atoms with E-state index in [-0.39, 0.29) is 5.78 Å². The quantitative estimate of drug-likeness (QED) is 0.177. The molecule has 0 saturated carbocycles. The molecule has 3 aromatic carbocycles. The number of nitrogens with zero attached hydrogens (tertiary/aromatic N) is 1. The maximum absolute atomic E-state index is 12.9. The zero-order chi connectivity index (χ0) is 26.4. The van der Waals surface area contributed by atoms with E-state index < -0.39 is 11.6 Å². The van der Waals surface area contributed by atoms with Crippen molar-refractivity contribution >= 4 is 22.7 Å². The van der Waals surface area contributed by atoms with Gasteiger partial charge in [-0.25, -0.2) is 4.79 Å². The third-order valence-electron chi connectivity index (χ3n) is 6.31. The molecule has 1 N–H and O–H groups in total. The number of carbonyl (C=O) groups is 2. The van der Waals surface area contributed by atoms with Crippen LogP contribution in [0, 0.1) is 0 Å². The number of hydrogen-bond donors (Lipinski definition) is 1. The van der Waals surface area contributed by atoms with Crippen LogP contribution in [0.25, 0.3) is 10.9 Å². The van der Waals surface area contributed by atoms with E-state index in [9.17, 15) is 14.7 Å². The monoisotopic (exact) mass is 499 g/mol. The Labute approximate surface area is 217 Å². The zero-order valence-electron chi connectivity index (χ0n) is 21.6. The molecule has 0 spiro atoms. The van der Waals surface area contributed by atoms with Crippen LogP contribution in [0.2, 0.25) is 0 Å². The number of carbonyl (C=O) groups excluding carboxylic acids is 1. The lowest BCUT2D eigenvalue weighted by Gasteiger charge is -2.21. The lowest BCUT2D eigenvalue weighted by molar-refractivity contribution is -0.152. The first-order valence-corrected chi connectivity index (χ1v) is 12.7. The number of hydrogen-bond acceptors (Lipinski definition) is 4. The third kappa shape index (κ3) is 6.20. The lowest BCUT2D eigenvalue weighted by Crippen LogP contribution is -2.37. The van der Waals surface area contributed by atoms with Gasteiger partial charge >= 0.3 is 5.97 Å². The highest BCUT2D eigenvalue weighted by molar-refractivity contribution is 6.09. The molecule has 192 valence electrons. The van der Waals surface area contributed by atoms with Crippen LogP contribution in [0.4, 0.5) is 0 Å². The largest absolute Gasteiger partial charge is 0.493 e. The van der Waals surface area contributed by atoms with E-state index in [1.807, 2.05) is 72.9 Å². The van der Waals surface area contributed by atoms with Gasteiger partial charge in [0.2, 0.25) is 0 Å². The Bertz CT molecular complexity index is 1390. The van der Waals surface area contributed by atoms with Crippen molar-refractivity contribution in [2.24, 2.45) is 0 Å². The Hall–Kier alpha value is -4.06. The highest BCUT2D eigenvalue weighted by Gasteiger charge is 2.29. The minimum Gasteiger partial charge on any atom is -0.493 e. The fraction of sp³-hybridized carbons (Fsp3) is 0.290. The molecule has 0 aliphatic heterocycles. The standard InChI is InChI=1S/C31H33NO5/c1-4-9-24-20-25(29(33)22-10-6-5-7-11-22)12-15-28(24)36-19-8-17-32-18-16-23-21-26(13-14-27(23)32)37-31(2,3)30(34)35/h5-7,10-16,18,20-21H,4,8-9,17,19H2,1-3H3,(H,34,35). The average molecular weight is 500 g/mol. The van der Waals surface area contributed by atoms with Crippen molar-refractivity contribution < 1.29 is 24.2 Å². The molecule has 0 aliphatic rings. The number of ether oxygens (including phenoxy) is 2. The van der Waals surface area contributed by atoms with Gasteiger partial charge < -0.3 is 19.1 Å². The number of benzene rings is 3. The van der Waals surface area contributed by atoms with Crippen LogP contribution in [0.1, 0.15) is 55.1 Å². The van der Waals surface area contributed by atoms with Crippen LogP contribution < -0.4 is 9.47 Å². The highest BCUT2D eigenvalue weighted by atomic mass is 16.5. The summed E-state index contributed by atoms with van der Waals surface area (Å²) < 4.78 is 13.9. The first kappa shape index (κ1) is 26.0. The molecular formula is C31H33NO5. The summed E-state index contributed by atoms with van der Waals surface area (Å²) in [4.78, 5) is 24.2. The summed E-state index contributed by atoms with van der Waals surface area (Å²) in [5.41, 5.74) is 2.17. The summed E-state index contributed by atoms with van der Waals surface area (Å²) in [7, 11) is 0. The Balaban J connectivity index is 1.38. The fourth-order valence-corrected chi connectivity index (χ4v) is 4.27. The van der Waals surface area contributed by atoms with Crippen LogP contribution in [-0.4, -0.2) is 33.6 Å². The number of carboxylic acids is 1. The molecular weight excluding hydrogens is 466 g/mol. The van der Waals surface area contributed by atoms with Crippen molar-refractivity contribution in [1.82, 2.24) is 4.57 Å². The molecule has 1 aromatic heterocycles. The minimum absolute atomic E-state index is 0.0177. The van der Waals surface area contributed by atoms with Gasteiger partial charge in [-0.15, -0.1) is 0 Å². The first-order chi connectivity index (χ1) is 17.8. The maximum Gasteiger partial charge on any atom is 0.347 e. The van der Waals surface area contributed by atoms with Crippen LogP contribution in [-0.2, 0) is 17.8 Å². The minimum atomic E-state index is -1.29. The number of carboxylic acid groups (broad SMARTS) is 1. The molecule has 0 atom stereocenters. The summed E-state index contributed by atoms with van der Waals surface area (Å²) >= 11 is 0. The number of rotatable bonds is 12. The van der Waals surface area contributed by atoms with Gasteiger partial charge in [-0.1, -0.05) is 43.7 Å². The zero-order valence-corrected chi connectivity index (χ0v) is 21.6. The molecule has 6 heteroatoms. The van der Waals surface area contributed by atoms with Gasteiger partial charge in [-0.2, -0.15) is 0 Å². The SMILES string of the molecule is CCCc1cc(C(=O)c2ccccc2)ccc1OCCCn1ccc2cc(OC(C)(C)C(=O)O)ccc21. The second-order valence-electron chi connectivity index (χ2n) is 9.62. The molecule has 4 rings (SSSR count). The normalized spacial score (nSPS) is 11.4. The molecule has 0 saturated heterocycles. The molecule has 0 unspecified atom stereocenters. The van der Waals surface area contributed by atoms with Crippen LogP contribution >= 0.6 is 0 Å². The van der Waals surface area contributed by atoms with Crippen LogP contribution in [0.5, 0.6) is 11.5 Å². The lowest BCUT2D eigenvalue weighted by atomic mass is 9.99. The Morgan fingerprint density at radius 3 is 2.46 bits per heavy atom. The molecule has 0 aliphatic carbocycles.